The van der Waals surface area contributed by atoms with Crippen LogP contribution in [-0.4, -0.2) is 20.6 Å². The third-order valence-electron chi connectivity index (χ3n) is 4.52. The Labute approximate surface area is 177 Å². The van der Waals surface area contributed by atoms with E-state index in [-0.39, 0.29) is 17.5 Å². The number of anilines is 1. The second-order valence-corrected chi connectivity index (χ2v) is 9.94. The van der Waals surface area contributed by atoms with Crippen molar-refractivity contribution in [1.82, 2.24) is 0 Å². The zero-order chi connectivity index (χ0) is 22.7. The van der Waals surface area contributed by atoms with Gasteiger partial charge in [0.15, 0.2) is 0 Å². The number of hydrogen-bond acceptors (Lipinski definition) is 3. The standard InChI is InChI=1S/C23H27FN2O3S/c1-6-16-11-15(13-20(24)22(16)26-30(5,28)29)12-18(14-21(25)27)17-7-9-19(10-8-17)23(2,3)4/h6-11,13-14,26H,1,12H2,2-5H3,(H2,25,27). The van der Waals surface area contributed by atoms with Gasteiger partial charge in [-0.2, -0.15) is 0 Å². The summed E-state index contributed by atoms with van der Waals surface area (Å²) in [6.07, 6.45) is 3.87. The quantitative estimate of drug-likeness (QED) is 0.644. The zero-order valence-electron chi connectivity index (χ0n) is 17.6. The van der Waals surface area contributed by atoms with Crippen molar-refractivity contribution in [2.24, 2.45) is 5.73 Å². The van der Waals surface area contributed by atoms with Crippen LogP contribution in [0.5, 0.6) is 0 Å². The van der Waals surface area contributed by atoms with Crippen LogP contribution in [0.2, 0.25) is 0 Å². The number of sulfonamides is 1. The topological polar surface area (TPSA) is 89.3 Å². The summed E-state index contributed by atoms with van der Waals surface area (Å²) in [5, 5.41) is 0. The summed E-state index contributed by atoms with van der Waals surface area (Å²) < 4.78 is 39.8. The Morgan fingerprint density at radius 3 is 2.27 bits per heavy atom. The van der Waals surface area contributed by atoms with Crippen molar-refractivity contribution in [2.75, 3.05) is 11.0 Å². The number of allylic oxidation sites excluding steroid dienone is 1. The van der Waals surface area contributed by atoms with Gasteiger partial charge in [0.1, 0.15) is 5.82 Å². The highest BCUT2D eigenvalue weighted by molar-refractivity contribution is 7.92. The van der Waals surface area contributed by atoms with E-state index < -0.39 is 21.7 Å². The van der Waals surface area contributed by atoms with E-state index in [0.717, 1.165) is 17.4 Å². The van der Waals surface area contributed by atoms with Crippen LogP contribution in [0.15, 0.2) is 49.1 Å². The highest BCUT2D eigenvalue weighted by Crippen LogP contribution is 2.29. The van der Waals surface area contributed by atoms with Crippen molar-refractivity contribution in [3.63, 3.8) is 0 Å². The molecular formula is C23H27FN2O3S. The second-order valence-electron chi connectivity index (χ2n) is 8.20. The minimum Gasteiger partial charge on any atom is -0.366 e. The Morgan fingerprint density at radius 1 is 1.20 bits per heavy atom. The number of carbonyl (C=O) groups is 1. The molecule has 0 saturated carbocycles. The number of primary amides is 1. The Morgan fingerprint density at radius 2 is 1.80 bits per heavy atom. The monoisotopic (exact) mass is 430 g/mol. The molecule has 0 atom stereocenters. The number of carbonyl (C=O) groups excluding carboxylic acids is 1. The van der Waals surface area contributed by atoms with E-state index in [1.54, 1.807) is 6.07 Å². The molecular weight excluding hydrogens is 403 g/mol. The summed E-state index contributed by atoms with van der Waals surface area (Å²) in [5.41, 5.74) is 8.61. The molecule has 0 aliphatic carbocycles. The van der Waals surface area contributed by atoms with E-state index in [9.17, 15) is 17.6 Å². The number of hydrogen-bond donors (Lipinski definition) is 2. The molecule has 160 valence electrons. The molecule has 0 aliphatic rings. The van der Waals surface area contributed by atoms with Gasteiger partial charge in [0.05, 0.1) is 11.9 Å². The molecule has 0 aromatic heterocycles. The molecule has 0 radical (unpaired) electrons. The van der Waals surface area contributed by atoms with E-state index in [1.165, 1.54) is 18.2 Å². The van der Waals surface area contributed by atoms with Crippen LogP contribution in [0.1, 0.15) is 43.0 Å². The molecule has 3 N–H and O–H groups in total. The largest absolute Gasteiger partial charge is 0.366 e. The zero-order valence-corrected chi connectivity index (χ0v) is 18.4. The first-order valence-corrected chi connectivity index (χ1v) is 11.2. The molecule has 0 aliphatic heterocycles. The summed E-state index contributed by atoms with van der Waals surface area (Å²) in [4.78, 5) is 11.6. The van der Waals surface area contributed by atoms with Crippen molar-refractivity contribution >= 4 is 33.3 Å². The third kappa shape index (κ3) is 6.29. The molecule has 5 nitrogen and oxygen atoms in total. The molecule has 0 unspecified atom stereocenters. The Balaban J connectivity index is 2.46. The highest BCUT2D eigenvalue weighted by Gasteiger charge is 2.16. The van der Waals surface area contributed by atoms with Gasteiger partial charge >= 0.3 is 0 Å². The van der Waals surface area contributed by atoms with Gasteiger partial charge in [0, 0.05) is 11.6 Å². The van der Waals surface area contributed by atoms with E-state index >= 15 is 0 Å². The van der Waals surface area contributed by atoms with Gasteiger partial charge in [-0.15, -0.1) is 0 Å². The van der Waals surface area contributed by atoms with Gasteiger partial charge in [-0.25, -0.2) is 12.8 Å². The van der Waals surface area contributed by atoms with Crippen LogP contribution >= 0.6 is 0 Å². The molecule has 2 aromatic rings. The maximum Gasteiger partial charge on any atom is 0.241 e. The average Bonchev–Trinajstić information content (AvgIpc) is 2.61. The van der Waals surface area contributed by atoms with E-state index in [4.69, 9.17) is 5.73 Å². The van der Waals surface area contributed by atoms with Crippen LogP contribution in [0, 0.1) is 5.82 Å². The smallest absolute Gasteiger partial charge is 0.241 e. The van der Waals surface area contributed by atoms with Gasteiger partial charge in [0.25, 0.3) is 0 Å². The van der Waals surface area contributed by atoms with Gasteiger partial charge in [-0.05, 0) is 46.2 Å². The third-order valence-corrected chi connectivity index (χ3v) is 5.10. The van der Waals surface area contributed by atoms with Crippen LogP contribution < -0.4 is 10.5 Å². The number of rotatable bonds is 7. The predicted molar refractivity (Wildman–Crippen MR) is 121 cm³/mol. The molecule has 0 heterocycles. The predicted octanol–water partition coefficient (Wildman–Crippen LogP) is 4.25. The van der Waals surface area contributed by atoms with Crippen LogP contribution in [0.3, 0.4) is 0 Å². The van der Waals surface area contributed by atoms with Gasteiger partial charge in [-0.1, -0.05) is 57.7 Å². The Bertz CT molecular complexity index is 1100. The van der Waals surface area contributed by atoms with Gasteiger partial charge < -0.3 is 5.73 Å². The first kappa shape index (κ1) is 23.3. The molecule has 0 spiro atoms. The molecule has 30 heavy (non-hydrogen) atoms. The average molecular weight is 431 g/mol. The Hall–Kier alpha value is -2.93. The van der Waals surface area contributed by atoms with Crippen molar-refractivity contribution in [2.45, 2.75) is 32.6 Å². The minimum atomic E-state index is -3.65. The fourth-order valence-corrected chi connectivity index (χ4v) is 3.64. The first-order valence-electron chi connectivity index (χ1n) is 9.33. The number of nitrogens with one attached hydrogen (secondary N) is 1. The lowest BCUT2D eigenvalue weighted by molar-refractivity contribution is -0.113. The van der Waals surface area contributed by atoms with Crippen LogP contribution in [0.4, 0.5) is 10.1 Å². The van der Waals surface area contributed by atoms with Crippen LogP contribution in [-0.2, 0) is 26.7 Å². The number of halogens is 1. The number of benzene rings is 2. The number of amides is 1. The van der Waals surface area contributed by atoms with E-state index in [1.807, 2.05) is 24.3 Å². The maximum atomic E-state index is 14.6. The van der Waals surface area contributed by atoms with E-state index in [2.05, 4.69) is 32.1 Å². The van der Waals surface area contributed by atoms with Crippen molar-refractivity contribution in [3.8, 4) is 0 Å². The molecule has 2 rings (SSSR count). The van der Waals surface area contributed by atoms with Crippen molar-refractivity contribution in [1.29, 1.82) is 0 Å². The number of nitrogens with two attached hydrogens (primary N) is 1. The van der Waals surface area contributed by atoms with Crippen molar-refractivity contribution in [3.05, 3.63) is 77.1 Å². The Kier molecular flexibility index (Phi) is 6.87. The SMILES string of the molecule is C=Cc1cc(CC(=CC(N)=O)c2ccc(C(C)(C)C)cc2)cc(F)c1NS(C)(=O)=O. The molecule has 0 bridgehead atoms. The van der Waals surface area contributed by atoms with Crippen LogP contribution in [0.25, 0.3) is 11.6 Å². The van der Waals surface area contributed by atoms with Gasteiger partial charge in [-0.3, -0.25) is 9.52 Å². The fraction of sp³-hybridized carbons (Fsp3) is 0.261. The molecule has 2 aromatic carbocycles. The van der Waals surface area contributed by atoms with E-state index in [0.29, 0.717) is 16.7 Å². The summed E-state index contributed by atoms with van der Waals surface area (Å²) in [5.74, 6) is -1.33. The minimum absolute atomic E-state index is 0.0173. The molecule has 0 saturated heterocycles. The molecule has 0 fully saturated rings. The van der Waals surface area contributed by atoms with Gasteiger partial charge in [0.2, 0.25) is 15.9 Å². The fourth-order valence-electron chi connectivity index (χ4n) is 3.05. The maximum absolute atomic E-state index is 14.6. The summed E-state index contributed by atoms with van der Waals surface area (Å²) in [7, 11) is -3.65. The molecule has 1 amide bonds. The summed E-state index contributed by atoms with van der Waals surface area (Å²) in [6, 6.07) is 10.6. The second kappa shape index (κ2) is 8.83. The lowest BCUT2D eigenvalue weighted by Gasteiger charge is -2.19. The van der Waals surface area contributed by atoms with Crippen molar-refractivity contribution < 1.29 is 17.6 Å². The summed E-state index contributed by atoms with van der Waals surface area (Å²) >= 11 is 0. The lowest BCUT2D eigenvalue weighted by Crippen LogP contribution is -2.13. The highest BCUT2D eigenvalue weighted by atomic mass is 32.2. The normalized spacial score (nSPS) is 12.5. The first-order chi connectivity index (χ1) is 13.8. The summed E-state index contributed by atoms with van der Waals surface area (Å²) in [6.45, 7) is 9.95. The molecule has 7 heteroatoms. The lowest BCUT2D eigenvalue weighted by atomic mass is 9.85.